The molecule has 2 aliphatic carbocycles. The van der Waals surface area contributed by atoms with Crippen LogP contribution in [0.5, 0.6) is 0 Å². The summed E-state index contributed by atoms with van der Waals surface area (Å²) in [4.78, 5) is 11.0. The first-order valence-corrected chi connectivity index (χ1v) is 6.72. The summed E-state index contributed by atoms with van der Waals surface area (Å²) in [6.45, 7) is 0. The molecule has 4 heteroatoms. The number of carbonyl (C=O) groups is 1. The van der Waals surface area contributed by atoms with Gasteiger partial charge >= 0.3 is 5.97 Å². The number of carboxylic acids is 1. The van der Waals surface area contributed by atoms with E-state index in [1.807, 2.05) is 0 Å². The van der Waals surface area contributed by atoms with Gasteiger partial charge in [-0.1, -0.05) is 6.42 Å². The molecule has 0 bridgehead atoms. The summed E-state index contributed by atoms with van der Waals surface area (Å²) in [5, 5.41) is 12.7. The molecule has 4 nitrogen and oxygen atoms in total. The van der Waals surface area contributed by atoms with Crippen molar-refractivity contribution in [3.05, 3.63) is 0 Å². The lowest BCUT2D eigenvalue weighted by atomic mass is 9.85. The minimum absolute atomic E-state index is 0.149. The van der Waals surface area contributed by atoms with Crippen LogP contribution < -0.4 is 5.32 Å². The zero-order valence-electron chi connectivity index (χ0n) is 10.5. The molecular weight excluding hydrogens is 218 g/mol. The minimum Gasteiger partial charge on any atom is -0.481 e. The van der Waals surface area contributed by atoms with Crippen molar-refractivity contribution in [2.45, 2.75) is 63.1 Å². The molecule has 17 heavy (non-hydrogen) atoms. The number of hydrogen-bond acceptors (Lipinski definition) is 3. The van der Waals surface area contributed by atoms with Gasteiger partial charge in [0.05, 0.1) is 12.0 Å². The highest BCUT2D eigenvalue weighted by molar-refractivity contribution is 5.70. The van der Waals surface area contributed by atoms with Crippen LogP contribution in [0.2, 0.25) is 0 Å². The van der Waals surface area contributed by atoms with Gasteiger partial charge in [0, 0.05) is 19.2 Å². The Morgan fingerprint density at radius 2 is 2.00 bits per heavy atom. The molecular formula is C13H23NO3. The quantitative estimate of drug-likeness (QED) is 0.788. The molecule has 2 fully saturated rings. The van der Waals surface area contributed by atoms with E-state index >= 15 is 0 Å². The number of hydrogen-bond donors (Lipinski definition) is 2. The van der Waals surface area contributed by atoms with Gasteiger partial charge in [-0.25, -0.2) is 0 Å². The second kappa shape index (κ2) is 5.83. The number of rotatable bonds is 4. The highest BCUT2D eigenvalue weighted by Crippen LogP contribution is 2.28. The Labute approximate surface area is 103 Å². The number of carboxylic acid groups (broad SMARTS) is 1. The van der Waals surface area contributed by atoms with Crippen molar-refractivity contribution in [3.63, 3.8) is 0 Å². The van der Waals surface area contributed by atoms with Crippen LogP contribution in [0, 0.1) is 5.92 Å². The highest BCUT2D eigenvalue weighted by atomic mass is 16.5. The fraction of sp³-hybridized carbons (Fsp3) is 0.923. The Kier molecular flexibility index (Phi) is 4.40. The van der Waals surface area contributed by atoms with Gasteiger partial charge in [-0.3, -0.25) is 4.79 Å². The van der Waals surface area contributed by atoms with Gasteiger partial charge in [-0.05, 0) is 38.5 Å². The van der Waals surface area contributed by atoms with Gasteiger partial charge in [-0.15, -0.1) is 0 Å². The maximum absolute atomic E-state index is 11.0. The average Bonchev–Trinajstić information content (AvgIpc) is 2.76. The molecule has 98 valence electrons. The Morgan fingerprint density at radius 1 is 1.24 bits per heavy atom. The number of nitrogens with one attached hydrogen (secondary N) is 1. The number of methoxy groups -OCH3 is 1. The SMILES string of the molecule is COC1CCCC1NC1CCCC(C(=O)O)C1. The van der Waals surface area contributed by atoms with Crippen molar-refractivity contribution in [2.75, 3.05) is 7.11 Å². The smallest absolute Gasteiger partial charge is 0.306 e. The molecule has 0 aromatic carbocycles. The molecule has 0 saturated heterocycles. The molecule has 0 aromatic heterocycles. The second-order valence-electron chi connectivity index (χ2n) is 5.38. The zero-order valence-corrected chi connectivity index (χ0v) is 10.5. The van der Waals surface area contributed by atoms with Crippen molar-refractivity contribution in [1.29, 1.82) is 0 Å². The van der Waals surface area contributed by atoms with Gasteiger partial charge in [0.25, 0.3) is 0 Å². The normalized spacial score (nSPS) is 38.2. The Bertz CT molecular complexity index is 269. The van der Waals surface area contributed by atoms with Crippen LogP contribution in [0.1, 0.15) is 44.9 Å². The van der Waals surface area contributed by atoms with Crippen LogP contribution in [0.15, 0.2) is 0 Å². The van der Waals surface area contributed by atoms with Gasteiger partial charge in [0.15, 0.2) is 0 Å². The van der Waals surface area contributed by atoms with Crippen molar-refractivity contribution < 1.29 is 14.6 Å². The first-order chi connectivity index (χ1) is 8.20. The predicted octanol–water partition coefficient (Wildman–Crippen LogP) is 1.79. The Hall–Kier alpha value is -0.610. The summed E-state index contributed by atoms with van der Waals surface area (Å²) >= 11 is 0. The summed E-state index contributed by atoms with van der Waals surface area (Å²) in [6, 6.07) is 0.795. The molecule has 0 amide bonds. The van der Waals surface area contributed by atoms with E-state index in [4.69, 9.17) is 9.84 Å². The van der Waals surface area contributed by atoms with Crippen LogP contribution >= 0.6 is 0 Å². The van der Waals surface area contributed by atoms with E-state index in [1.165, 1.54) is 6.42 Å². The van der Waals surface area contributed by atoms with E-state index in [-0.39, 0.29) is 5.92 Å². The second-order valence-corrected chi connectivity index (χ2v) is 5.38. The molecule has 0 aromatic rings. The fourth-order valence-corrected chi connectivity index (χ4v) is 3.27. The van der Waals surface area contributed by atoms with Crippen LogP contribution in [0.4, 0.5) is 0 Å². The van der Waals surface area contributed by atoms with Crippen molar-refractivity contribution in [3.8, 4) is 0 Å². The minimum atomic E-state index is -0.633. The zero-order chi connectivity index (χ0) is 12.3. The third-order valence-corrected chi connectivity index (χ3v) is 4.23. The third-order valence-electron chi connectivity index (χ3n) is 4.23. The van der Waals surface area contributed by atoms with Crippen LogP contribution in [0.25, 0.3) is 0 Å². The van der Waals surface area contributed by atoms with E-state index in [0.717, 1.165) is 38.5 Å². The molecule has 4 unspecified atom stereocenters. The lowest BCUT2D eigenvalue weighted by Crippen LogP contribution is -2.45. The van der Waals surface area contributed by atoms with Gasteiger partial charge < -0.3 is 15.2 Å². The molecule has 0 aliphatic heterocycles. The van der Waals surface area contributed by atoms with E-state index in [0.29, 0.717) is 18.2 Å². The van der Waals surface area contributed by atoms with Crippen molar-refractivity contribution in [2.24, 2.45) is 5.92 Å². The summed E-state index contributed by atoms with van der Waals surface area (Å²) in [7, 11) is 1.77. The molecule has 2 saturated carbocycles. The third kappa shape index (κ3) is 3.19. The summed E-state index contributed by atoms with van der Waals surface area (Å²) < 4.78 is 5.46. The molecule has 2 aliphatic rings. The summed E-state index contributed by atoms with van der Waals surface area (Å²) in [6.07, 6.45) is 7.57. The standard InChI is InChI=1S/C13H23NO3/c1-17-12-7-3-6-11(12)14-10-5-2-4-9(8-10)13(15)16/h9-12,14H,2-8H2,1H3,(H,15,16). The van der Waals surface area contributed by atoms with Crippen LogP contribution in [-0.2, 0) is 9.53 Å². The fourth-order valence-electron chi connectivity index (χ4n) is 3.27. The topological polar surface area (TPSA) is 58.6 Å². The van der Waals surface area contributed by atoms with E-state index in [2.05, 4.69) is 5.32 Å². The maximum atomic E-state index is 11.0. The first kappa shape index (κ1) is 12.8. The lowest BCUT2D eigenvalue weighted by molar-refractivity contribution is -0.143. The Morgan fingerprint density at radius 3 is 2.71 bits per heavy atom. The predicted molar refractivity (Wildman–Crippen MR) is 65.0 cm³/mol. The van der Waals surface area contributed by atoms with Gasteiger partial charge in [0.2, 0.25) is 0 Å². The molecule has 4 atom stereocenters. The molecule has 0 spiro atoms. The molecule has 0 radical (unpaired) electrons. The average molecular weight is 241 g/mol. The van der Waals surface area contributed by atoms with Gasteiger partial charge in [-0.2, -0.15) is 0 Å². The molecule has 2 rings (SSSR count). The lowest BCUT2D eigenvalue weighted by Gasteiger charge is -2.31. The van der Waals surface area contributed by atoms with Gasteiger partial charge in [0.1, 0.15) is 0 Å². The van der Waals surface area contributed by atoms with E-state index in [1.54, 1.807) is 7.11 Å². The largest absolute Gasteiger partial charge is 0.481 e. The van der Waals surface area contributed by atoms with E-state index in [9.17, 15) is 4.79 Å². The summed E-state index contributed by atoms with van der Waals surface area (Å²) in [5.41, 5.74) is 0. The first-order valence-electron chi connectivity index (χ1n) is 6.72. The van der Waals surface area contributed by atoms with Crippen molar-refractivity contribution >= 4 is 5.97 Å². The number of aliphatic carboxylic acids is 1. The summed E-state index contributed by atoms with van der Waals surface area (Å²) in [5.74, 6) is -0.783. The van der Waals surface area contributed by atoms with E-state index < -0.39 is 5.97 Å². The highest BCUT2D eigenvalue weighted by Gasteiger charge is 2.32. The van der Waals surface area contributed by atoms with Crippen molar-refractivity contribution in [1.82, 2.24) is 5.32 Å². The number of ether oxygens (including phenoxy) is 1. The van der Waals surface area contributed by atoms with Crippen LogP contribution in [-0.4, -0.2) is 36.4 Å². The van der Waals surface area contributed by atoms with Crippen LogP contribution in [0.3, 0.4) is 0 Å². The maximum Gasteiger partial charge on any atom is 0.306 e. The molecule has 0 heterocycles. The monoisotopic (exact) mass is 241 g/mol. The Balaban J connectivity index is 1.84. The molecule has 2 N–H and O–H groups in total.